The van der Waals surface area contributed by atoms with Gasteiger partial charge in [-0.1, -0.05) is 18.6 Å². The number of rotatable bonds is 8. The van der Waals surface area contributed by atoms with E-state index in [1.807, 2.05) is 30.3 Å². The lowest BCUT2D eigenvalue weighted by atomic mass is 9.64. The van der Waals surface area contributed by atoms with Crippen molar-refractivity contribution in [2.45, 2.75) is 50.1 Å². The van der Waals surface area contributed by atoms with Gasteiger partial charge in [0.2, 0.25) is 5.91 Å². The average Bonchev–Trinajstić information content (AvgIpc) is 3.26. The molecule has 2 aliphatic heterocycles. The van der Waals surface area contributed by atoms with E-state index in [4.69, 9.17) is 10.5 Å². The average molecular weight is 614 g/mol. The van der Waals surface area contributed by atoms with E-state index in [1.165, 1.54) is 18.3 Å². The number of carbonyl (C=O) groups excluding carboxylic acids is 2. The SMILES string of the molecule is COc1ccc(CN2C(=O)C3(CCC3)c3cc(C(C=CN)=Nc4ccc(F)cc4F)cc(C(=O)NC4CCN(C)CC4)c32)cc1. The molecule has 3 aliphatic rings. The van der Waals surface area contributed by atoms with Gasteiger partial charge < -0.3 is 25.6 Å². The fourth-order valence-corrected chi connectivity index (χ4v) is 6.57. The maximum Gasteiger partial charge on any atom is 0.253 e. The Morgan fingerprint density at radius 1 is 1.11 bits per heavy atom. The molecule has 0 atom stereocenters. The highest BCUT2D eigenvalue weighted by molar-refractivity contribution is 6.18. The molecule has 1 spiro atoms. The van der Waals surface area contributed by atoms with Crippen molar-refractivity contribution in [1.29, 1.82) is 0 Å². The first-order valence-electron chi connectivity index (χ1n) is 15.3. The summed E-state index contributed by atoms with van der Waals surface area (Å²) in [6.45, 7) is 2.03. The zero-order valence-corrected chi connectivity index (χ0v) is 25.5. The van der Waals surface area contributed by atoms with Gasteiger partial charge in [-0.2, -0.15) is 0 Å². The van der Waals surface area contributed by atoms with Gasteiger partial charge in [0.25, 0.3) is 5.91 Å². The van der Waals surface area contributed by atoms with Crippen LogP contribution in [0.2, 0.25) is 0 Å². The molecule has 45 heavy (non-hydrogen) atoms. The van der Waals surface area contributed by atoms with Crippen molar-refractivity contribution < 1.29 is 23.1 Å². The van der Waals surface area contributed by atoms with E-state index in [0.29, 0.717) is 35.4 Å². The first-order chi connectivity index (χ1) is 21.7. The molecule has 0 radical (unpaired) electrons. The monoisotopic (exact) mass is 613 g/mol. The number of halogens is 2. The molecule has 1 aliphatic carbocycles. The molecular weight excluding hydrogens is 576 g/mol. The van der Waals surface area contributed by atoms with E-state index in [9.17, 15) is 18.4 Å². The number of ether oxygens (including phenoxy) is 1. The summed E-state index contributed by atoms with van der Waals surface area (Å²) in [6.07, 6.45) is 6.62. The van der Waals surface area contributed by atoms with Crippen molar-refractivity contribution in [3.8, 4) is 5.75 Å². The summed E-state index contributed by atoms with van der Waals surface area (Å²) in [6, 6.07) is 14.3. The van der Waals surface area contributed by atoms with Gasteiger partial charge in [0.15, 0.2) is 5.82 Å². The third-order valence-corrected chi connectivity index (χ3v) is 9.26. The summed E-state index contributed by atoms with van der Waals surface area (Å²) < 4.78 is 33.7. The van der Waals surface area contributed by atoms with Crippen LogP contribution in [0.15, 0.2) is 71.9 Å². The van der Waals surface area contributed by atoms with Gasteiger partial charge >= 0.3 is 0 Å². The predicted octanol–water partition coefficient (Wildman–Crippen LogP) is 5.36. The molecule has 0 aromatic heterocycles. The van der Waals surface area contributed by atoms with Crippen LogP contribution in [0.5, 0.6) is 5.75 Å². The first kappa shape index (κ1) is 30.5. The molecule has 6 rings (SSSR count). The third-order valence-electron chi connectivity index (χ3n) is 9.26. The quantitative estimate of drug-likeness (QED) is 0.334. The fraction of sp³-hybridized carbons (Fsp3) is 0.343. The Morgan fingerprint density at radius 3 is 2.47 bits per heavy atom. The Kier molecular flexibility index (Phi) is 8.42. The van der Waals surface area contributed by atoms with E-state index in [2.05, 4.69) is 22.3 Å². The highest BCUT2D eigenvalue weighted by Gasteiger charge is 2.55. The second-order valence-electron chi connectivity index (χ2n) is 12.1. The van der Waals surface area contributed by atoms with Gasteiger partial charge in [0.05, 0.1) is 41.7 Å². The largest absolute Gasteiger partial charge is 0.497 e. The number of fused-ring (bicyclic) bond motifs is 2. The van der Waals surface area contributed by atoms with E-state index in [-0.39, 0.29) is 35.8 Å². The van der Waals surface area contributed by atoms with Gasteiger partial charge in [-0.05, 0) is 106 Å². The Balaban J connectivity index is 1.49. The Labute approximate surface area is 261 Å². The number of allylic oxidation sites excluding steroid dienone is 1. The molecule has 3 aromatic carbocycles. The van der Waals surface area contributed by atoms with Crippen molar-refractivity contribution in [2.75, 3.05) is 32.1 Å². The minimum Gasteiger partial charge on any atom is -0.497 e. The standard InChI is InChI=1S/C35H37F2N5O3/c1-41-16-11-25(12-17-41)39-33(43)27-18-23(30(10-15-38)40-31-9-6-24(36)20-29(31)37)19-28-32(27)42(34(44)35(28)13-3-14-35)21-22-4-7-26(45-2)8-5-22/h4-10,15,18-20,25H,3,11-14,16-17,21,38H2,1-2H3,(H,39,43). The van der Waals surface area contributed by atoms with Crippen molar-refractivity contribution >= 4 is 28.9 Å². The zero-order chi connectivity index (χ0) is 31.7. The topological polar surface area (TPSA) is 100 Å². The van der Waals surface area contributed by atoms with Crippen LogP contribution < -0.4 is 20.7 Å². The maximum atomic E-state index is 14.7. The minimum absolute atomic E-state index is 0.0109. The predicted molar refractivity (Wildman–Crippen MR) is 170 cm³/mol. The second-order valence-corrected chi connectivity index (χ2v) is 12.1. The molecule has 1 saturated carbocycles. The van der Waals surface area contributed by atoms with Crippen LogP contribution in [0.1, 0.15) is 59.2 Å². The van der Waals surface area contributed by atoms with E-state index in [1.54, 1.807) is 18.1 Å². The van der Waals surface area contributed by atoms with Crippen LogP contribution in [0.3, 0.4) is 0 Å². The number of nitrogens with zero attached hydrogens (tertiary/aromatic N) is 3. The fourth-order valence-electron chi connectivity index (χ4n) is 6.57. The maximum absolute atomic E-state index is 14.7. The van der Waals surface area contributed by atoms with Crippen LogP contribution in [-0.4, -0.2) is 55.7 Å². The number of carbonyl (C=O) groups is 2. The van der Waals surface area contributed by atoms with Crippen molar-refractivity contribution in [2.24, 2.45) is 10.7 Å². The van der Waals surface area contributed by atoms with Gasteiger partial charge in [-0.15, -0.1) is 0 Å². The lowest BCUT2D eigenvalue weighted by Crippen LogP contribution is -2.45. The summed E-state index contributed by atoms with van der Waals surface area (Å²) in [5.41, 5.74) is 8.37. The minimum atomic E-state index is -0.823. The van der Waals surface area contributed by atoms with Crippen LogP contribution in [-0.2, 0) is 16.8 Å². The number of methoxy groups -OCH3 is 1. The van der Waals surface area contributed by atoms with Gasteiger partial charge in [0, 0.05) is 17.7 Å². The van der Waals surface area contributed by atoms with Crippen molar-refractivity contribution in [1.82, 2.24) is 10.2 Å². The number of amides is 2. The van der Waals surface area contributed by atoms with Crippen molar-refractivity contribution in [3.63, 3.8) is 0 Å². The Hall–Kier alpha value is -4.57. The Morgan fingerprint density at radius 2 is 1.84 bits per heavy atom. The molecule has 0 unspecified atom stereocenters. The highest BCUT2D eigenvalue weighted by Crippen LogP contribution is 2.55. The Bertz CT molecular complexity index is 1680. The van der Waals surface area contributed by atoms with Crippen molar-refractivity contribution in [3.05, 3.63) is 101 Å². The molecule has 8 nitrogen and oxygen atoms in total. The summed E-state index contributed by atoms with van der Waals surface area (Å²) >= 11 is 0. The summed E-state index contributed by atoms with van der Waals surface area (Å²) in [4.78, 5) is 36.9. The molecule has 1 saturated heterocycles. The normalized spacial score (nSPS) is 18.4. The molecule has 3 aromatic rings. The number of benzene rings is 3. The molecular formula is C35H37F2N5O3. The lowest BCUT2D eigenvalue weighted by molar-refractivity contribution is -0.126. The van der Waals surface area contributed by atoms with E-state index in [0.717, 1.165) is 55.6 Å². The van der Waals surface area contributed by atoms with Gasteiger partial charge in [0.1, 0.15) is 11.6 Å². The number of likely N-dealkylation sites (tertiary alicyclic amines) is 1. The van der Waals surface area contributed by atoms with E-state index < -0.39 is 17.0 Å². The molecule has 3 N–H and O–H groups in total. The number of nitrogens with one attached hydrogen (secondary N) is 1. The molecule has 2 heterocycles. The number of anilines is 1. The molecule has 234 valence electrons. The van der Waals surface area contributed by atoms with Crippen LogP contribution in [0.25, 0.3) is 0 Å². The first-order valence-corrected chi connectivity index (χ1v) is 15.3. The second kappa shape index (κ2) is 12.4. The molecule has 2 fully saturated rings. The summed E-state index contributed by atoms with van der Waals surface area (Å²) in [5.74, 6) is -1.15. The van der Waals surface area contributed by atoms with Crippen LogP contribution >= 0.6 is 0 Å². The molecule has 2 amide bonds. The summed E-state index contributed by atoms with van der Waals surface area (Å²) in [5, 5.41) is 3.22. The molecule has 0 bridgehead atoms. The van der Waals surface area contributed by atoms with Gasteiger partial charge in [-0.3, -0.25) is 9.59 Å². The number of hydrogen-bond acceptors (Lipinski definition) is 6. The zero-order valence-electron chi connectivity index (χ0n) is 25.5. The van der Waals surface area contributed by atoms with Gasteiger partial charge in [-0.25, -0.2) is 13.8 Å². The highest BCUT2D eigenvalue weighted by atomic mass is 19.1. The smallest absolute Gasteiger partial charge is 0.253 e. The summed E-state index contributed by atoms with van der Waals surface area (Å²) in [7, 11) is 3.66. The third kappa shape index (κ3) is 5.82. The lowest BCUT2D eigenvalue weighted by Gasteiger charge is -2.37. The number of piperidine rings is 1. The molecule has 10 heteroatoms. The number of hydrogen-bond donors (Lipinski definition) is 2. The van der Waals surface area contributed by atoms with E-state index >= 15 is 0 Å². The number of nitrogens with two attached hydrogens (primary N) is 1. The number of aliphatic imine (C=N–C) groups is 1. The van der Waals surface area contributed by atoms with Crippen LogP contribution in [0.4, 0.5) is 20.2 Å². The van der Waals surface area contributed by atoms with Crippen LogP contribution in [0, 0.1) is 11.6 Å².